The zero-order valence-corrected chi connectivity index (χ0v) is 16.8. The minimum Gasteiger partial charge on any atom is -0.317 e. The van der Waals surface area contributed by atoms with Crippen LogP contribution in [-0.2, 0) is 11.3 Å². The lowest BCUT2D eigenvalue weighted by atomic mass is 10.2. The molecule has 2 amide bonds. The van der Waals surface area contributed by atoms with Crippen LogP contribution in [0, 0.1) is 18.7 Å². The molecule has 0 unspecified atom stereocenters. The Morgan fingerprint density at radius 3 is 2.61 bits per heavy atom. The molecule has 0 bridgehead atoms. The summed E-state index contributed by atoms with van der Waals surface area (Å²) in [5.74, 6) is -0.463. The van der Waals surface area contributed by atoms with Gasteiger partial charge in [0.2, 0.25) is 5.91 Å². The number of carbonyl (C=O) groups excluding carboxylic acids is 2. The molecular formula is C20H18FN3O2S2. The summed E-state index contributed by atoms with van der Waals surface area (Å²) in [6.07, 6.45) is 1.85. The SMILES string of the molecule is Cc1nc(CN(C(=O)c2ccc(NC(=O)C3CC3)s2)c2ccc(F)cc2)cs1. The molecule has 0 radical (unpaired) electrons. The Kier molecular flexibility index (Phi) is 5.23. The maximum atomic E-state index is 13.3. The van der Waals surface area contributed by atoms with E-state index in [1.807, 2.05) is 12.3 Å². The van der Waals surface area contributed by atoms with Crippen LogP contribution in [-0.4, -0.2) is 16.8 Å². The molecule has 0 spiro atoms. The zero-order valence-electron chi connectivity index (χ0n) is 15.1. The number of hydrogen-bond acceptors (Lipinski definition) is 5. The fourth-order valence-corrected chi connectivity index (χ4v) is 4.23. The van der Waals surface area contributed by atoms with Crippen molar-refractivity contribution in [3.8, 4) is 0 Å². The fourth-order valence-electron chi connectivity index (χ4n) is 2.77. The number of hydrogen-bond donors (Lipinski definition) is 1. The van der Waals surface area contributed by atoms with Crippen molar-refractivity contribution in [2.45, 2.75) is 26.3 Å². The van der Waals surface area contributed by atoms with Crippen LogP contribution in [0.3, 0.4) is 0 Å². The molecule has 144 valence electrons. The number of amides is 2. The van der Waals surface area contributed by atoms with E-state index >= 15 is 0 Å². The van der Waals surface area contributed by atoms with E-state index in [2.05, 4.69) is 10.3 Å². The number of thiazole rings is 1. The summed E-state index contributed by atoms with van der Waals surface area (Å²) in [7, 11) is 0. The second-order valence-corrected chi connectivity index (χ2v) is 8.80. The summed E-state index contributed by atoms with van der Waals surface area (Å²) in [6.45, 7) is 2.20. The Bertz CT molecular complexity index is 1010. The fraction of sp³-hybridized carbons (Fsp3) is 0.250. The first-order valence-electron chi connectivity index (χ1n) is 8.89. The normalized spacial score (nSPS) is 13.4. The minimum absolute atomic E-state index is 0.00851. The third kappa shape index (κ3) is 4.28. The molecule has 4 rings (SSSR count). The Hall–Kier alpha value is -2.58. The second kappa shape index (κ2) is 7.81. The van der Waals surface area contributed by atoms with Gasteiger partial charge in [-0.1, -0.05) is 0 Å². The molecule has 1 aromatic carbocycles. The van der Waals surface area contributed by atoms with Gasteiger partial charge in [0.05, 0.1) is 27.1 Å². The quantitative estimate of drug-likeness (QED) is 0.626. The Morgan fingerprint density at radius 1 is 1.21 bits per heavy atom. The highest BCUT2D eigenvalue weighted by molar-refractivity contribution is 7.18. The van der Waals surface area contributed by atoms with Gasteiger partial charge in [0.15, 0.2) is 0 Å². The van der Waals surface area contributed by atoms with E-state index in [9.17, 15) is 14.0 Å². The van der Waals surface area contributed by atoms with Crippen LogP contribution < -0.4 is 10.2 Å². The molecule has 1 N–H and O–H groups in total. The molecule has 1 aliphatic carbocycles. The van der Waals surface area contributed by atoms with Gasteiger partial charge in [-0.15, -0.1) is 22.7 Å². The topological polar surface area (TPSA) is 62.3 Å². The van der Waals surface area contributed by atoms with Crippen LogP contribution in [0.1, 0.15) is 33.2 Å². The largest absolute Gasteiger partial charge is 0.317 e. The van der Waals surface area contributed by atoms with Crippen molar-refractivity contribution < 1.29 is 14.0 Å². The number of aromatic nitrogens is 1. The molecule has 0 saturated heterocycles. The van der Waals surface area contributed by atoms with Crippen molar-refractivity contribution in [1.29, 1.82) is 0 Å². The van der Waals surface area contributed by atoms with Crippen LogP contribution in [0.2, 0.25) is 0 Å². The molecule has 5 nitrogen and oxygen atoms in total. The van der Waals surface area contributed by atoms with Crippen LogP contribution in [0.4, 0.5) is 15.1 Å². The second-order valence-electron chi connectivity index (χ2n) is 6.65. The maximum absolute atomic E-state index is 13.3. The first-order valence-corrected chi connectivity index (χ1v) is 10.6. The summed E-state index contributed by atoms with van der Waals surface area (Å²) >= 11 is 2.76. The molecular weight excluding hydrogens is 397 g/mol. The number of benzene rings is 1. The van der Waals surface area contributed by atoms with E-state index in [1.54, 1.807) is 29.2 Å². The third-order valence-corrected chi connectivity index (χ3v) is 6.19. The highest BCUT2D eigenvalue weighted by atomic mass is 32.1. The van der Waals surface area contributed by atoms with E-state index in [4.69, 9.17) is 0 Å². The maximum Gasteiger partial charge on any atom is 0.268 e. The van der Waals surface area contributed by atoms with Gasteiger partial charge in [0.1, 0.15) is 5.82 Å². The van der Waals surface area contributed by atoms with Gasteiger partial charge >= 0.3 is 0 Å². The van der Waals surface area contributed by atoms with E-state index < -0.39 is 0 Å². The minimum atomic E-state index is -0.359. The average Bonchev–Trinajstić information content (AvgIpc) is 3.31. The van der Waals surface area contributed by atoms with Crippen molar-refractivity contribution in [1.82, 2.24) is 4.98 Å². The van der Waals surface area contributed by atoms with E-state index in [-0.39, 0.29) is 30.1 Å². The van der Waals surface area contributed by atoms with Gasteiger partial charge in [-0.2, -0.15) is 0 Å². The number of nitrogens with one attached hydrogen (secondary N) is 1. The van der Waals surface area contributed by atoms with Crippen LogP contribution >= 0.6 is 22.7 Å². The number of rotatable bonds is 6. The van der Waals surface area contributed by atoms with Gasteiger partial charge in [-0.05, 0) is 56.2 Å². The molecule has 3 aromatic rings. The van der Waals surface area contributed by atoms with Gasteiger partial charge in [0.25, 0.3) is 5.91 Å². The molecule has 8 heteroatoms. The summed E-state index contributed by atoms with van der Waals surface area (Å²) in [5, 5.41) is 6.35. The molecule has 2 heterocycles. The van der Waals surface area contributed by atoms with E-state index in [1.165, 1.54) is 34.8 Å². The zero-order chi connectivity index (χ0) is 19.7. The molecule has 2 aromatic heterocycles. The number of thiophene rings is 1. The summed E-state index contributed by atoms with van der Waals surface area (Å²) in [6, 6.07) is 9.27. The van der Waals surface area contributed by atoms with Crippen LogP contribution in [0.25, 0.3) is 0 Å². The van der Waals surface area contributed by atoms with Crippen molar-refractivity contribution in [2.24, 2.45) is 5.92 Å². The van der Waals surface area contributed by atoms with Crippen molar-refractivity contribution in [3.63, 3.8) is 0 Å². The van der Waals surface area contributed by atoms with Crippen molar-refractivity contribution >= 4 is 45.2 Å². The molecule has 1 saturated carbocycles. The molecule has 0 aliphatic heterocycles. The predicted molar refractivity (Wildman–Crippen MR) is 109 cm³/mol. The Morgan fingerprint density at radius 2 is 1.96 bits per heavy atom. The first-order chi connectivity index (χ1) is 13.5. The summed E-state index contributed by atoms with van der Waals surface area (Å²) in [4.78, 5) is 31.6. The number of carbonyl (C=O) groups is 2. The first kappa shape index (κ1) is 18.8. The lowest BCUT2D eigenvalue weighted by molar-refractivity contribution is -0.117. The van der Waals surface area contributed by atoms with Gasteiger partial charge in [-0.25, -0.2) is 9.37 Å². The summed E-state index contributed by atoms with van der Waals surface area (Å²) in [5.41, 5.74) is 1.37. The monoisotopic (exact) mass is 415 g/mol. The van der Waals surface area contributed by atoms with E-state index in [0.717, 1.165) is 23.5 Å². The molecule has 28 heavy (non-hydrogen) atoms. The number of nitrogens with zero attached hydrogens (tertiary/aromatic N) is 2. The lowest BCUT2D eigenvalue weighted by Crippen LogP contribution is -2.30. The Labute approximate surface area is 169 Å². The average molecular weight is 416 g/mol. The Balaban J connectivity index is 1.57. The van der Waals surface area contributed by atoms with Crippen molar-refractivity contribution in [2.75, 3.05) is 10.2 Å². The standard InChI is InChI=1S/C20H18FN3O2S2/c1-12-22-15(11-27-12)10-24(16-6-4-14(21)5-7-16)20(26)17-8-9-18(28-17)23-19(25)13-2-3-13/h4-9,11,13H,2-3,10H2,1H3,(H,23,25). The van der Waals surface area contributed by atoms with Gasteiger partial charge in [0, 0.05) is 17.0 Å². The van der Waals surface area contributed by atoms with E-state index in [0.29, 0.717) is 15.6 Å². The number of halogens is 1. The highest BCUT2D eigenvalue weighted by Gasteiger charge is 2.30. The van der Waals surface area contributed by atoms with Crippen LogP contribution in [0.5, 0.6) is 0 Å². The van der Waals surface area contributed by atoms with Gasteiger partial charge < -0.3 is 10.2 Å². The summed E-state index contributed by atoms with van der Waals surface area (Å²) < 4.78 is 13.3. The van der Waals surface area contributed by atoms with Crippen LogP contribution in [0.15, 0.2) is 41.8 Å². The van der Waals surface area contributed by atoms with Crippen molar-refractivity contribution in [3.05, 3.63) is 63.2 Å². The predicted octanol–water partition coefficient (Wildman–Crippen LogP) is 4.85. The molecule has 1 fully saturated rings. The third-order valence-electron chi connectivity index (χ3n) is 4.38. The van der Waals surface area contributed by atoms with Gasteiger partial charge in [-0.3, -0.25) is 9.59 Å². The highest BCUT2D eigenvalue weighted by Crippen LogP contribution is 2.32. The number of anilines is 2. The molecule has 0 atom stereocenters. The number of aryl methyl sites for hydroxylation is 1. The smallest absolute Gasteiger partial charge is 0.268 e. The molecule has 1 aliphatic rings. The lowest BCUT2D eigenvalue weighted by Gasteiger charge is -2.21.